The summed E-state index contributed by atoms with van der Waals surface area (Å²) < 4.78 is 23.7. The van der Waals surface area contributed by atoms with Crippen molar-refractivity contribution >= 4 is 16.1 Å². The molecule has 3 N–H and O–H groups in total. The van der Waals surface area contributed by atoms with E-state index in [1.165, 1.54) is 4.31 Å². The number of carbonyl (C=O) groups is 1. The number of rotatable bonds is 2. The third-order valence-corrected chi connectivity index (χ3v) is 5.08. The third kappa shape index (κ3) is 3.25. The van der Waals surface area contributed by atoms with Crippen LogP contribution in [0.1, 0.15) is 19.8 Å². The Hall–Kier alpha value is -0.700. The SMILES string of the molecule is CC1(C(=O)N2CCN(S(N)(=O)=O)CC2)CCCNC1. The predicted octanol–water partition coefficient (Wildman–Crippen LogP) is -1.28. The molecule has 110 valence electrons. The van der Waals surface area contributed by atoms with Crippen LogP contribution in [-0.4, -0.2) is 62.8 Å². The van der Waals surface area contributed by atoms with E-state index in [2.05, 4.69) is 5.32 Å². The van der Waals surface area contributed by atoms with Crippen molar-refractivity contribution in [2.24, 2.45) is 10.6 Å². The lowest BCUT2D eigenvalue weighted by Crippen LogP contribution is -2.57. The van der Waals surface area contributed by atoms with Crippen molar-refractivity contribution in [3.63, 3.8) is 0 Å². The van der Waals surface area contributed by atoms with Crippen LogP contribution in [0.3, 0.4) is 0 Å². The molecule has 1 unspecified atom stereocenters. The zero-order chi connectivity index (χ0) is 14.1. The number of carbonyl (C=O) groups excluding carboxylic acids is 1. The van der Waals surface area contributed by atoms with Crippen LogP contribution in [0.2, 0.25) is 0 Å². The number of hydrogen-bond acceptors (Lipinski definition) is 4. The van der Waals surface area contributed by atoms with Crippen LogP contribution in [-0.2, 0) is 15.0 Å². The fourth-order valence-corrected chi connectivity index (χ4v) is 3.44. The van der Waals surface area contributed by atoms with Crippen LogP contribution < -0.4 is 10.5 Å². The molecule has 2 heterocycles. The highest BCUT2D eigenvalue weighted by Gasteiger charge is 2.39. The van der Waals surface area contributed by atoms with Gasteiger partial charge in [0.05, 0.1) is 5.41 Å². The second-order valence-electron chi connectivity index (χ2n) is 5.58. The molecule has 7 nitrogen and oxygen atoms in total. The molecule has 0 aliphatic carbocycles. The molecular weight excluding hydrogens is 268 g/mol. The van der Waals surface area contributed by atoms with Gasteiger partial charge in [0, 0.05) is 32.7 Å². The Kier molecular flexibility index (Phi) is 4.14. The van der Waals surface area contributed by atoms with Gasteiger partial charge in [-0.1, -0.05) is 0 Å². The van der Waals surface area contributed by atoms with Crippen molar-refractivity contribution in [1.29, 1.82) is 0 Å². The molecule has 2 aliphatic rings. The number of amides is 1. The molecule has 0 aromatic heterocycles. The normalized spacial score (nSPS) is 30.3. The third-order valence-electron chi connectivity index (χ3n) is 4.00. The summed E-state index contributed by atoms with van der Waals surface area (Å²) in [6, 6.07) is 0. The number of hydrogen-bond donors (Lipinski definition) is 2. The lowest BCUT2D eigenvalue weighted by atomic mass is 9.81. The fraction of sp³-hybridized carbons (Fsp3) is 0.909. The van der Waals surface area contributed by atoms with E-state index < -0.39 is 10.2 Å². The molecule has 2 aliphatic heterocycles. The van der Waals surface area contributed by atoms with Gasteiger partial charge in [0.15, 0.2) is 0 Å². The minimum Gasteiger partial charge on any atom is -0.340 e. The molecule has 0 aromatic rings. The molecule has 1 atom stereocenters. The summed E-state index contributed by atoms with van der Waals surface area (Å²) >= 11 is 0. The van der Waals surface area contributed by atoms with Gasteiger partial charge in [0.25, 0.3) is 10.2 Å². The van der Waals surface area contributed by atoms with Crippen molar-refractivity contribution < 1.29 is 13.2 Å². The number of piperazine rings is 1. The highest BCUT2D eigenvalue weighted by atomic mass is 32.2. The van der Waals surface area contributed by atoms with E-state index in [4.69, 9.17) is 5.14 Å². The molecule has 0 radical (unpaired) electrons. The molecule has 2 fully saturated rings. The monoisotopic (exact) mass is 290 g/mol. The summed E-state index contributed by atoms with van der Waals surface area (Å²) in [6.45, 7) is 5.05. The van der Waals surface area contributed by atoms with E-state index in [1.807, 2.05) is 6.92 Å². The smallest absolute Gasteiger partial charge is 0.277 e. The summed E-state index contributed by atoms with van der Waals surface area (Å²) in [5, 5.41) is 8.34. The zero-order valence-corrected chi connectivity index (χ0v) is 12.1. The Bertz CT molecular complexity index is 437. The van der Waals surface area contributed by atoms with Gasteiger partial charge in [-0.05, 0) is 26.3 Å². The molecular formula is C11H22N4O3S. The fourth-order valence-electron chi connectivity index (χ4n) is 2.77. The van der Waals surface area contributed by atoms with Crippen molar-refractivity contribution in [1.82, 2.24) is 14.5 Å². The van der Waals surface area contributed by atoms with Crippen LogP contribution in [0.25, 0.3) is 0 Å². The zero-order valence-electron chi connectivity index (χ0n) is 11.3. The molecule has 8 heteroatoms. The lowest BCUT2D eigenvalue weighted by molar-refractivity contribution is -0.143. The van der Waals surface area contributed by atoms with Crippen molar-refractivity contribution in [3.05, 3.63) is 0 Å². The van der Waals surface area contributed by atoms with E-state index >= 15 is 0 Å². The summed E-state index contributed by atoms with van der Waals surface area (Å²) in [6.07, 6.45) is 1.88. The van der Waals surface area contributed by atoms with E-state index in [9.17, 15) is 13.2 Å². The lowest BCUT2D eigenvalue weighted by Gasteiger charge is -2.40. The summed E-state index contributed by atoms with van der Waals surface area (Å²) in [5.74, 6) is 0.119. The van der Waals surface area contributed by atoms with Crippen LogP contribution in [0, 0.1) is 5.41 Å². The molecule has 1 amide bonds. The van der Waals surface area contributed by atoms with Gasteiger partial charge in [-0.25, -0.2) is 5.14 Å². The number of nitrogens with zero attached hydrogens (tertiary/aromatic N) is 2. The number of nitrogens with two attached hydrogens (primary N) is 1. The first kappa shape index (κ1) is 14.7. The van der Waals surface area contributed by atoms with E-state index in [0.717, 1.165) is 19.4 Å². The average Bonchev–Trinajstić information content (AvgIpc) is 2.38. The topological polar surface area (TPSA) is 95.7 Å². The molecule has 0 spiro atoms. The number of piperidine rings is 1. The maximum absolute atomic E-state index is 12.5. The second-order valence-corrected chi connectivity index (χ2v) is 7.12. The van der Waals surface area contributed by atoms with E-state index in [0.29, 0.717) is 19.6 Å². The van der Waals surface area contributed by atoms with Crippen molar-refractivity contribution in [3.8, 4) is 0 Å². The predicted molar refractivity (Wildman–Crippen MR) is 71.5 cm³/mol. The minimum absolute atomic E-state index is 0.119. The first-order chi connectivity index (χ1) is 8.83. The van der Waals surface area contributed by atoms with Gasteiger partial charge in [-0.3, -0.25) is 4.79 Å². The standard InChI is InChI=1S/C11H22N4O3S/c1-11(3-2-4-13-9-11)10(16)14-5-7-15(8-6-14)19(12,17)18/h13H,2-9H2,1H3,(H2,12,17,18). The summed E-state index contributed by atoms with van der Waals surface area (Å²) in [5.41, 5.74) is -0.359. The minimum atomic E-state index is -3.63. The highest BCUT2D eigenvalue weighted by Crippen LogP contribution is 2.28. The molecule has 0 saturated carbocycles. The maximum Gasteiger partial charge on any atom is 0.277 e. The molecule has 19 heavy (non-hydrogen) atoms. The van der Waals surface area contributed by atoms with Gasteiger partial charge in [0.2, 0.25) is 5.91 Å². The van der Waals surface area contributed by atoms with Gasteiger partial charge in [-0.2, -0.15) is 12.7 Å². The Labute approximate surface area is 114 Å². The Morgan fingerprint density at radius 2 is 1.89 bits per heavy atom. The first-order valence-electron chi connectivity index (χ1n) is 6.61. The van der Waals surface area contributed by atoms with Gasteiger partial charge in [0.1, 0.15) is 0 Å². The Balaban J connectivity index is 1.96. The largest absolute Gasteiger partial charge is 0.340 e. The highest BCUT2D eigenvalue weighted by molar-refractivity contribution is 7.86. The molecule has 2 rings (SSSR count). The van der Waals surface area contributed by atoms with Gasteiger partial charge >= 0.3 is 0 Å². The van der Waals surface area contributed by atoms with Gasteiger partial charge < -0.3 is 10.2 Å². The first-order valence-corrected chi connectivity index (χ1v) is 8.11. The average molecular weight is 290 g/mol. The maximum atomic E-state index is 12.5. The Morgan fingerprint density at radius 1 is 1.26 bits per heavy atom. The van der Waals surface area contributed by atoms with Crippen LogP contribution in [0.5, 0.6) is 0 Å². The second kappa shape index (κ2) is 5.35. The summed E-state index contributed by atoms with van der Waals surface area (Å²) in [7, 11) is -3.63. The van der Waals surface area contributed by atoms with Crippen molar-refractivity contribution in [2.75, 3.05) is 39.3 Å². The van der Waals surface area contributed by atoms with E-state index in [1.54, 1.807) is 4.90 Å². The van der Waals surface area contributed by atoms with Crippen LogP contribution in [0.4, 0.5) is 0 Å². The molecule has 2 saturated heterocycles. The quantitative estimate of drug-likeness (QED) is 0.662. The summed E-state index contributed by atoms with van der Waals surface area (Å²) in [4.78, 5) is 14.3. The number of nitrogens with one attached hydrogen (secondary N) is 1. The van der Waals surface area contributed by atoms with Crippen LogP contribution >= 0.6 is 0 Å². The molecule has 0 bridgehead atoms. The van der Waals surface area contributed by atoms with E-state index in [-0.39, 0.29) is 24.4 Å². The van der Waals surface area contributed by atoms with Gasteiger partial charge in [-0.15, -0.1) is 0 Å². The van der Waals surface area contributed by atoms with Crippen LogP contribution in [0.15, 0.2) is 0 Å². The van der Waals surface area contributed by atoms with Crippen molar-refractivity contribution in [2.45, 2.75) is 19.8 Å². The Morgan fingerprint density at radius 3 is 2.37 bits per heavy atom. The molecule has 0 aromatic carbocycles.